The Morgan fingerprint density at radius 3 is 2.66 bits per heavy atom. The molecule has 1 aliphatic heterocycles. The van der Waals surface area contributed by atoms with Crippen LogP contribution in [0.15, 0.2) is 36.7 Å². The summed E-state index contributed by atoms with van der Waals surface area (Å²) in [5.41, 5.74) is 5.55. The van der Waals surface area contributed by atoms with Gasteiger partial charge in [-0.1, -0.05) is 6.07 Å². The third kappa shape index (κ3) is 4.84. The van der Waals surface area contributed by atoms with Crippen molar-refractivity contribution in [1.29, 1.82) is 0 Å². The van der Waals surface area contributed by atoms with Crippen LogP contribution in [0.25, 0.3) is 11.4 Å². The van der Waals surface area contributed by atoms with Crippen molar-refractivity contribution in [3.8, 4) is 11.4 Å². The molecule has 0 amide bonds. The van der Waals surface area contributed by atoms with Crippen molar-refractivity contribution in [2.75, 3.05) is 32.5 Å². The van der Waals surface area contributed by atoms with Crippen LogP contribution in [0.5, 0.6) is 0 Å². The largest absolute Gasteiger partial charge is 0.324 e. The monoisotopic (exact) mass is 433 g/mol. The summed E-state index contributed by atoms with van der Waals surface area (Å²) >= 11 is 0. The molecule has 1 fully saturated rings. The van der Waals surface area contributed by atoms with E-state index in [-0.39, 0.29) is 0 Å². The Kier molecular flexibility index (Phi) is 6.58. The van der Waals surface area contributed by atoms with Crippen LogP contribution < -0.4 is 5.32 Å². The lowest BCUT2D eigenvalue weighted by molar-refractivity contribution is 0.264. The van der Waals surface area contributed by atoms with Crippen LogP contribution in [-0.2, 0) is 6.54 Å². The van der Waals surface area contributed by atoms with Gasteiger partial charge in [0, 0.05) is 43.6 Å². The lowest BCUT2D eigenvalue weighted by Crippen LogP contribution is -2.31. The van der Waals surface area contributed by atoms with Gasteiger partial charge in [-0.25, -0.2) is 15.0 Å². The zero-order chi connectivity index (χ0) is 22.8. The topological polar surface area (TPSA) is 62.1 Å². The van der Waals surface area contributed by atoms with Crippen LogP contribution in [0.1, 0.15) is 43.3 Å². The van der Waals surface area contributed by atoms with E-state index in [1.807, 2.05) is 19.2 Å². The second-order valence-electron chi connectivity index (χ2n) is 9.33. The summed E-state index contributed by atoms with van der Waals surface area (Å²) in [5, 5.41) is 3.38. The molecule has 0 spiro atoms. The highest BCUT2D eigenvalue weighted by Crippen LogP contribution is 2.25. The first kappa shape index (κ1) is 22.4. The summed E-state index contributed by atoms with van der Waals surface area (Å²) in [4.78, 5) is 18.6. The van der Waals surface area contributed by atoms with E-state index < -0.39 is 0 Å². The lowest BCUT2D eigenvalue weighted by Gasteiger charge is -2.21. The van der Waals surface area contributed by atoms with Crippen LogP contribution >= 0.6 is 0 Å². The Balaban J connectivity index is 1.47. The Labute approximate surface area is 191 Å². The summed E-state index contributed by atoms with van der Waals surface area (Å²) in [6.45, 7) is 11.8. The summed E-state index contributed by atoms with van der Waals surface area (Å²) in [5.74, 6) is 1.58. The van der Waals surface area contributed by atoms with Gasteiger partial charge in [-0.05, 0) is 77.5 Å². The van der Waals surface area contributed by atoms with E-state index in [1.165, 1.54) is 17.5 Å². The molecule has 0 aliphatic carbocycles. The van der Waals surface area contributed by atoms with E-state index in [0.29, 0.717) is 18.0 Å². The summed E-state index contributed by atoms with van der Waals surface area (Å²) in [6, 6.07) is 9.45. The molecule has 3 heterocycles. The van der Waals surface area contributed by atoms with E-state index in [2.05, 4.69) is 82.7 Å². The van der Waals surface area contributed by atoms with E-state index >= 15 is 0 Å². The fourth-order valence-corrected chi connectivity index (χ4v) is 4.55. The van der Waals surface area contributed by atoms with Crippen molar-refractivity contribution in [3.05, 3.63) is 53.6 Å². The van der Waals surface area contributed by atoms with Gasteiger partial charge in [0.15, 0.2) is 0 Å². The van der Waals surface area contributed by atoms with Crippen LogP contribution in [0.3, 0.4) is 0 Å². The number of aromatic nitrogens is 4. The quantitative estimate of drug-likeness (QED) is 0.595. The second-order valence-corrected chi connectivity index (χ2v) is 9.33. The molecule has 7 nitrogen and oxygen atoms in total. The first-order valence-corrected chi connectivity index (χ1v) is 11.4. The smallest absolute Gasteiger partial charge is 0.227 e. The minimum Gasteiger partial charge on any atom is -0.324 e. The normalized spacial score (nSPS) is 16.9. The molecule has 0 bridgehead atoms. The average Bonchev–Trinajstić information content (AvgIpc) is 3.37. The number of imidazole rings is 1. The highest BCUT2D eigenvalue weighted by atomic mass is 15.2. The van der Waals surface area contributed by atoms with E-state index in [9.17, 15) is 0 Å². The van der Waals surface area contributed by atoms with Gasteiger partial charge >= 0.3 is 0 Å². The van der Waals surface area contributed by atoms with Gasteiger partial charge in [-0.3, -0.25) is 4.90 Å². The number of likely N-dealkylation sites (tertiary alicyclic amines) is 1. The third-order valence-corrected chi connectivity index (χ3v) is 6.39. The Morgan fingerprint density at radius 1 is 1.16 bits per heavy atom. The number of hydrogen-bond acceptors (Lipinski definition) is 6. The predicted octanol–water partition coefficient (Wildman–Crippen LogP) is 4.42. The molecule has 32 heavy (non-hydrogen) atoms. The number of aryl methyl sites for hydroxylation is 2. The van der Waals surface area contributed by atoms with Gasteiger partial charge in [0.2, 0.25) is 5.95 Å². The van der Waals surface area contributed by atoms with Crippen LogP contribution in [0.4, 0.5) is 11.6 Å². The molecule has 0 unspecified atom stereocenters. The molecule has 1 atom stereocenters. The van der Waals surface area contributed by atoms with Crippen molar-refractivity contribution in [1.82, 2.24) is 29.3 Å². The average molecular weight is 434 g/mol. The SMILES string of the molecule is Cc1cc(Nc2nccc(-c3cnc(C)n3C(C)C)n2)ccc1CN1CC[C@H](N(C)C)C1. The zero-order valence-electron chi connectivity index (χ0n) is 20.1. The zero-order valence-corrected chi connectivity index (χ0v) is 20.1. The molecule has 0 saturated carbocycles. The summed E-state index contributed by atoms with van der Waals surface area (Å²) in [7, 11) is 4.35. The van der Waals surface area contributed by atoms with Crippen molar-refractivity contribution in [3.63, 3.8) is 0 Å². The van der Waals surface area contributed by atoms with Crippen LogP contribution in [0, 0.1) is 13.8 Å². The van der Waals surface area contributed by atoms with E-state index in [4.69, 9.17) is 4.98 Å². The molecule has 1 N–H and O–H groups in total. The molecule has 1 aliphatic rings. The number of hydrogen-bond donors (Lipinski definition) is 1. The number of nitrogens with one attached hydrogen (secondary N) is 1. The van der Waals surface area contributed by atoms with Crippen molar-refractivity contribution >= 4 is 11.6 Å². The maximum absolute atomic E-state index is 4.76. The van der Waals surface area contributed by atoms with E-state index in [0.717, 1.165) is 42.5 Å². The van der Waals surface area contributed by atoms with Gasteiger partial charge in [-0.2, -0.15) is 0 Å². The maximum atomic E-state index is 4.76. The van der Waals surface area contributed by atoms with Gasteiger partial charge in [0.05, 0.1) is 17.6 Å². The van der Waals surface area contributed by atoms with Crippen molar-refractivity contribution in [2.24, 2.45) is 0 Å². The van der Waals surface area contributed by atoms with Crippen molar-refractivity contribution < 1.29 is 0 Å². The fourth-order valence-electron chi connectivity index (χ4n) is 4.55. The second kappa shape index (κ2) is 9.38. The van der Waals surface area contributed by atoms with E-state index in [1.54, 1.807) is 6.20 Å². The maximum Gasteiger partial charge on any atom is 0.227 e. The van der Waals surface area contributed by atoms with Crippen LogP contribution in [-0.4, -0.2) is 62.5 Å². The standard InChI is InChI=1S/C25H35N7/c1-17(2)32-19(4)27-14-24(32)23-9-11-26-25(29-23)28-21-8-7-20(18(3)13-21)15-31-12-10-22(16-31)30(5)6/h7-9,11,13-14,17,22H,10,12,15-16H2,1-6H3,(H,26,28,29)/t22-/m0/s1. The molecule has 0 radical (unpaired) electrons. The third-order valence-electron chi connectivity index (χ3n) is 6.39. The Hall–Kier alpha value is -2.77. The molecule has 170 valence electrons. The van der Waals surface area contributed by atoms with Gasteiger partial charge < -0.3 is 14.8 Å². The van der Waals surface area contributed by atoms with Gasteiger partial charge in [0.1, 0.15) is 5.82 Å². The number of rotatable bonds is 7. The molecule has 7 heteroatoms. The fraction of sp³-hybridized carbons (Fsp3) is 0.480. The number of nitrogens with zero attached hydrogens (tertiary/aromatic N) is 6. The first-order valence-electron chi connectivity index (χ1n) is 11.4. The molecule has 4 rings (SSSR count). The Bertz CT molecular complexity index is 1070. The minimum atomic E-state index is 0.317. The summed E-state index contributed by atoms with van der Waals surface area (Å²) < 4.78 is 2.20. The first-order chi connectivity index (χ1) is 15.3. The molecule has 1 saturated heterocycles. The van der Waals surface area contributed by atoms with Gasteiger partial charge in [-0.15, -0.1) is 0 Å². The highest BCUT2D eigenvalue weighted by Gasteiger charge is 2.24. The number of anilines is 2. The lowest BCUT2D eigenvalue weighted by atomic mass is 10.1. The Morgan fingerprint density at radius 2 is 1.97 bits per heavy atom. The van der Waals surface area contributed by atoms with Crippen molar-refractivity contribution in [2.45, 2.75) is 52.7 Å². The van der Waals surface area contributed by atoms with Crippen LogP contribution in [0.2, 0.25) is 0 Å². The molecule has 3 aromatic rings. The van der Waals surface area contributed by atoms with Gasteiger partial charge in [0.25, 0.3) is 0 Å². The highest BCUT2D eigenvalue weighted by molar-refractivity contribution is 5.60. The number of likely N-dealkylation sites (N-methyl/N-ethyl adjacent to an activating group) is 1. The molecular weight excluding hydrogens is 398 g/mol. The minimum absolute atomic E-state index is 0.317. The number of benzene rings is 1. The molecule has 1 aromatic carbocycles. The predicted molar refractivity (Wildman–Crippen MR) is 130 cm³/mol. The molecular formula is C25H35N7. The molecule has 2 aromatic heterocycles. The summed E-state index contributed by atoms with van der Waals surface area (Å²) in [6.07, 6.45) is 4.93.